The first-order chi connectivity index (χ1) is 7.20. The molecule has 0 amide bonds. The Balaban J connectivity index is 2.87. The van der Waals surface area contributed by atoms with Gasteiger partial charge in [0.1, 0.15) is 17.3 Å². The second-order valence-electron chi connectivity index (χ2n) is 3.60. The second-order valence-corrected chi connectivity index (χ2v) is 3.95. The number of nitrogens with zero attached hydrogens (tertiary/aromatic N) is 3. The molecule has 0 atom stereocenters. The zero-order valence-corrected chi connectivity index (χ0v) is 10.4. The van der Waals surface area contributed by atoms with Crippen LogP contribution in [0.25, 0.3) is 0 Å². The molecule has 0 bridgehead atoms. The summed E-state index contributed by atoms with van der Waals surface area (Å²) in [7, 11) is 2.05. The van der Waals surface area contributed by atoms with Crippen LogP contribution in [0, 0.1) is 0 Å². The summed E-state index contributed by atoms with van der Waals surface area (Å²) in [6.45, 7) is 5.26. The van der Waals surface area contributed by atoms with Crippen LogP contribution in [0.15, 0.2) is 6.33 Å². The standard InChI is InChI=1S/C11H18ClN3/c1-4-6-7-15(3)11-9(5-2)10(12)13-8-14-11/h8H,4-7H2,1-3H3. The molecule has 0 saturated carbocycles. The molecular weight excluding hydrogens is 210 g/mol. The van der Waals surface area contributed by atoms with Crippen molar-refractivity contribution in [2.45, 2.75) is 33.1 Å². The first-order valence-electron chi connectivity index (χ1n) is 5.41. The average molecular weight is 228 g/mol. The average Bonchev–Trinajstić information content (AvgIpc) is 2.25. The zero-order chi connectivity index (χ0) is 11.3. The summed E-state index contributed by atoms with van der Waals surface area (Å²) < 4.78 is 0. The van der Waals surface area contributed by atoms with Crippen LogP contribution in [-0.4, -0.2) is 23.6 Å². The van der Waals surface area contributed by atoms with Crippen molar-refractivity contribution in [1.82, 2.24) is 9.97 Å². The van der Waals surface area contributed by atoms with Gasteiger partial charge in [0.2, 0.25) is 0 Å². The highest BCUT2D eigenvalue weighted by Crippen LogP contribution is 2.22. The van der Waals surface area contributed by atoms with E-state index in [-0.39, 0.29) is 0 Å². The molecule has 84 valence electrons. The van der Waals surface area contributed by atoms with E-state index in [9.17, 15) is 0 Å². The molecule has 4 heteroatoms. The van der Waals surface area contributed by atoms with Gasteiger partial charge in [-0.15, -0.1) is 0 Å². The van der Waals surface area contributed by atoms with E-state index in [1.54, 1.807) is 0 Å². The monoisotopic (exact) mass is 227 g/mol. The van der Waals surface area contributed by atoms with Gasteiger partial charge < -0.3 is 4.90 Å². The maximum absolute atomic E-state index is 6.03. The summed E-state index contributed by atoms with van der Waals surface area (Å²) in [5.41, 5.74) is 1.04. The molecule has 0 spiro atoms. The number of hydrogen-bond acceptors (Lipinski definition) is 3. The Kier molecular flexibility index (Phi) is 4.82. The van der Waals surface area contributed by atoms with Crippen molar-refractivity contribution in [3.8, 4) is 0 Å². The maximum atomic E-state index is 6.03. The summed E-state index contributed by atoms with van der Waals surface area (Å²) in [6, 6.07) is 0. The number of rotatable bonds is 5. The lowest BCUT2D eigenvalue weighted by Gasteiger charge is -2.20. The predicted octanol–water partition coefficient (Wildman–Crippen LogP) is 2.93. The lowest BCUT2D eigenvalue weighted by Crippen LogP contribution is -2.21. The summed E-state index contributed by atoms with van der Waals surface area (Å²) >= 11 is 6.03. The number of anilines is 1. The molecule has 3 nitrogen and oxygen atoms in total. The molecule has 0 aliphatic heterocycles. The Labute approximate surface area is 96.5 Å². The van der Waals surface area contributed by atoms with E-state index in [2.05, 4.69) is 28.7 Å². The van der Waals surface area contributed by atoms with E-state index in [1.807, 2.05) is 7.05 Å². The number of aromatic nitrogens is 2. The highest BCUT2D eigenvalue weighted by atomic mass is 35.5. The quantitative estimate of drug-likeness (QED) is 0.725. The fourth-order valence-electron chi connectivity index (χ4n) is 1.52. The van der Waals surface area contributed by atoms with Crippen molar-refractivity contribution >= 4 is 17.4 Å². The van der Waals surface area contributed by atoms with Crippen molar-refractivity contribution in [3.05, 3.63) is 17.0 Å². The largest absolute Gasteiger partial charge is 0.359 e. The minimum absolute atomic E-state index is 0.575. The lowest BCUT2D eigenvalue weighted by atomic mass is 10.2. The molecule has 0 unspecified atom stereocenters. The molecule has 0 radical (unpaired) electrons. The third kappa shape index (κ3) is 3.06. The Hall–Kier alpha value is -0.830. The van der Waals surface area contributed by atoms with Crippen LogP contribution in [0.3, 0.4) is 0 Å². The number of hydrogen-bond donors (Lipinski definition) is 0. The first kappa shape index (κ1) is 12.2. The van der Waals surface area contributed by atoms with E-state index in [1.165, 1.54) is 19.2 Å². The fraction of sp³-hybridized carbons (Fsp3) is 0.636. The van der Waals surface area contributed by atoms with E-state index < -0.39 is 0 Å². The highest BCUT2D eigenvalue weighted by molar-refractivity contribution is 6.30. The van der Waals surface area contributed by atoms with Crippen LogP contribution in [-0.2, 0) is 6.42 Å². The van der Waals surface area contributed by atoms with Gasteiger partial charge in [0.05, 0.1) is 0 Å². The predicted molar refractivity (Wildman–Crippen MR) is 64.6 cm³/mol. The summed E-state index contributed by atoms with van der Waals surface area (Å²) in [4.78, 5) is 10.4. The van der Waals surface area contributed by atoms with E-state index >= 15 is 0 Å². The van der Waals surface area contributed by atoms with Gasteiger partial charge in [0.15, 0.2) is 0 Å². The lowest BCUT2D eigenvalue weighted by molar-refractivity contribution is 0.753. The summed E-state index contributed by atoms with van der Waals surface area (Å²) in [6.07, 6.45) is 4.75. The number of unbranched alkanes of at least 4 members (excludes halogenated alkanes) is 1. The van der Waals surface area contributed by atoms with Crippen molar-refractivity contribution < 1.29 is 0 Å². The van der Waals surface area contributed by atoms with Crippen LogP contribution in [0.4, 0.5) is 5.82 Å². The molecule has 1 aromatic rings. The molecule has 0 aliphatic rings. The van der Waals surface area contributed by atoms with E-state index in [0.717, 1.165) is 24.3 Å². The Morgan fingerprint density at radius 2 is 2.07 bits per heavy atom. The SMILES string of the molecule is CCCCN(C)c1ncnc(Cl)c1CC. The third-order valence-electron chi connectivity index (χ3n) is 2.43. The molecule has 1 heterocycles. The Morgan fingerprint density at radius 3 is 2.67 bits per heavy atom. The molecule has 0 aromatic carbocycles. The first-order valence-corrected chi connectivity index (χ1v) is 5.79. The van der Waals surface area contributed by atoms with Gasteiger partial charge in [-0.3, -0.25) is 0 Å². The van der Waals surface area contributed by atoms with Gasteiger partial charge in [-0.05, 0) is 12.8 Å². The number of halogens is 1. The van der Waals surface area contributed by atoms with Crippen molar-refractivity contribution in [2.24, 2.45) is 0 Å². The van der Waals surface area contributed by atoms with Crippen molar-refractivity contribution in [3.63, 3.8) is 0 Å². The summed E-state index contributed by atoms with van der Waals surface area (Å²) in [5, 5.41) is 0.575. The topological polar surface area (TPSA) is 29.0 Å². The smallest absolute Gasteiger partial charge is 0.137 e. The van der Waals surface area contributed by atoms with Crippen LogP contribution in [0.1, 0.15) is 32.3 Å². The molecule has 1 rings (SSSR count). The Bertz CT molecular complexity index is 315. The van der Waals surface area contributed by atoms with Gasteiger partial charge in [-0.25, -0.2) is 9.97 Å². The van der Waals surface area contributed by atoms with Crippen molar-refractivity contribution in [1.29, 1.82) is 0 Å². The van der Waals surface area contributed by atoms with E-state index in [0.29, 0.717) is 5.15 Å². The van der Waals surface area contributed by atoms with Gasteiger partial charge in [-0.2, -0.15) is 0 Å². The highest BCUT2D eigenvalue weighted by Gasteiger charge is 2.11. The zero-order valence-electron chi connectivity index (χ0n) is 9.63. The molecule has 0 fully saturated rings. The summed E-state index contributed by atoms with van der Waals surface area (Å²) in [5.74, 6) is 0.964. The second kappa shape index (κ2) is 5.91. The maximum Gasteiger partial charge on any atom is 0.137 e. The minimum atomic E-state index is 0.575. The molecule has 0 N–H and O–H groups in total. The van der Waals surface area contributed by atoms with E-state index in [4.69, 9.17) is 11.6 Å². The van der Waals surface area contributed by atoms with Crippen LogP contribution in [0.2, 0.25) is 5.15 Å². The normalized spacial score (nSPS) is 10.4. The molecule has 0 saturated heterocycles. The van der Waals surface area contributed by atoms with Crippen molar-refractivity contribution in [2.75, 3.05) is 18.5 Å². The van der Waals surface area contributed by atoms with Crippen LogP contribution < -0.4 is 4.90 Å². The minimum Gasteiger partial charge on any atom is -0.359 e. The van der Waals surface area contributed by atoms with Crippen LogP contribution >= 0.6 is 11.6 Å². The van der Waals surface area contributed by atoms with Gasteiger partial charge in [0, 0.05) is 19.2 Å². The molecule has 0 aliphatic carbocycles. The Morgan fingerprint density at radius 1 is 1.33 bits per heavy atom. The molecular formula is C11H18ClN3. The van der Waals surface area contributed by atoms with Gasteiger partial charge in [0.25, 0.3) is 0 Å². The fourth-order valence-corrected chi connectivity index (χ4v) is 1.78. The third-order valence-corrected chi connectivity index (χ3v) is 2.76. The van der Waals surface area contributed by atoms with Gasteiger partial charge >= 0.3 is 0 Å². The van der Waals surface area contributed by atoms with Crippen LogP contribution in [0.5, 0.6) is 0 Å². The van der Waals surface area contributed by atoms with Gasteiger partial charge in [-0.1, -0.05) is 31.9 Å². The molecule has 15 heavy (non-hydrogen) atoms. The molecule has 1 aromatic heterocycles.